The van der Waals surface area contributed by atoms with Gasteiger partial charge in [0.15, 0.2) is 0 Å². The third-order valence-electron chi connectivity index (χ3n) is 2.74. The fourth-order valence-electron chi connectivity index (χ4n) is 1.83. The van der Waals surface area contributed by atoms with Crippen LogP contribution in [0.1, 0.15) is 22.8 Å². The molecular weight excluding hydrogens is 280 g/mol. The smallest absolute Gasteiger partial charge is 0.253 e. The second kappa shape index (κ2) is 6.08. The number of rotatable bonds is 4. The highest BCUT2D eigenvalue weighted by atomic mass is 35.5. The van der Waals surface area contributed by atoms with E-state index in [2.05, 4.69) is 16.8 Å². The number of nitrogens with two attached hydrogens (primary N) is 1. The highest BCUT2D eigenvalue weighted by Crippen LogP contribution is 2.19. The van der Waals surface area contributed by atoms with E-state index in [-0.39, 0.29) is 11.9 Å². The van der Waals surface area contributed by atoms with Gasteiger partial charge in [-0.2, -0.15) is 11.3 Å². The molecule has 0 aliphatic heterocycles. The summed E-state index contributed by atoms with van der Waals surface area (Å²) in [5, 5.41) is 7.42. The van der Waals surface area contributed by atoms with E-state index in [1.807, 2.05) is 12.3 Å². The number of carbonyl (C=O) groups excluding carboxylic acids is 1. The predicted molar refractivity (Wildman–Crippen MR) is 80.8 cm³/mol. The van der Waals surface area contributed by atoms with E-state index in [1.54, 1.807) is 29.5 Å². The van der Waals surface area contributed by atoms with Crippen molar-refractivity contribution in [1.29, 1.82) is 0 Å². The summed E-state index contributed by atoms with van der Waals surface area (Å²) in [5.41, 5.74) is 7.83. The number of benzene rings is 1. The second-order valence-electron chi connectivity index (χ2n) is 4.45. The molecule has 3 N–H and O–H groups in total. The van der Waals surface area contributed by atoms with E-state index in [9.17, 15) is 4.79 Å². The summed E-state index contributed by atoms with van der Waals surface area (Å²) in [6, 6.07) is 7.01. The van der Waals surface area contributed by atoms with Gasteiger partial charge < -0.3 is 11.1 Å². The van der Waals surface area contributed by atoms with Gasteiger partial charge in [-0.15, -0.1) is 0 Å². The summed E-state index contributed by atoms with van der Waals surface area (Å²) in [6.45, 7) is 1.97. The first kappa shape index (κ1) is 13.9. The zero-order valence-corrected chi connectivity index (χ0v) is 12.1. The molecule has 2 rings (SSSR count). The van der Waals surface area contributed by atoms with Gasteiger partial charge in [0.05, 0.1) is 10.6 Å². The number of hydrogen-bond acceptors (Lipinski definition) is 3. The number of hydrogen-bond donors (Lipinski definition) is 2. The molecule has 1 amide bonds. The first-order valence-corrected chi connectivity index (χ1v) is 7.25. The van der Waals surface area contributed by atoms with Crippen molar-refractivity contribution < 1.29 is 4.79 Å². The van der Waals surface area contributed by atoms with Crippen molar-refractivity contribution in [2.24, 2.45) is 0 Å². The van der Waals surface area contributed by atoms with E-state index in [4.69, 9.17) is 17.3 Å². The summed E-state index contributed by atoms with van der Waals surface area (Å²) in [5.74, 6) is -0.173. The molecule has 1 aromatic carbocycles. The van der Waals surface area contributed by atoms with Crippen molar-refractivity contribution in [3.63, 3.8) is 0 Å². The van der Waals surface area contributed by atoms with Gasteiger partial charge in [0.1, 0.15) is 0 Å². The number of nitrogens with one attached hydrogen (secondary N) is 1. The van der Waals surface area contributed by atoms with E-state index in [1.165, 1.54) is 5.56 Å². The van der Waals surface area contributed by atoms with Gasteiger partial charge in [-0.25, -0.2) is 0 Å². The summed E-state index contributed by atoms with van der Waals surface area (Å²) in [7, 11) is 0. The van der Waals surface area contributed by atoms with E-state index in [0.717, 1.165) is 6.42 Å². The Bertz CT molecular complexity index is 569. The van der Waals surface area contributed by atoms with Crippen LogP contribution in [0.15, 0.2) is 35.0 Å². The van der Waals surface area contributed by atoms with Gasteiger partial charge in [-0.3, -0.25) is 4.79 Å². The minimum atomic E-state index is -0.173. The van der Waals surface area contributed by atoms with Crippen molar-refractivity contribution in [3.8, 4) is 0 Å². The molecule has 0 bridgehead atoms. The average Bonchev–Trinajstić information content (AvgIpc) is 2.81. The summed E-state index contributed by atoms with van der Waals surface area (Å²) < 4.78 is 0. The Kier molecular flexibility index (Phi) is 4.45. The molecular formula is C14H15ClN2OS. The minimum absolute atomic E-state index is 0.0516. The van der Waals surface area contributed by atoms with Gasteiger partial charge in [-0.1, -0.05) is 11.6 Å². The maximum absolute atomic E-state index is 12.1. The van der Waals surface area contributed by atoms with Gasteiger partial charge in [0, 0.05) is 11.7 Å². The molecule has 0 spiro atoms. The molecule has 2 aromatic rings. The maximum atomic E-state index is 12.1. The molecule has 3 nitrogen and oxygen atoms in total. The Morgan fingerprint density at radius 2 is 2.26 bits per heavy atom. The normalized spacial score (nSPS) is 12.1. The van der Waals surface area contributed by atoms with Gasteiger partial charge >= 0.3 is 0 Å². The molecule has 0 aliphatic rings. The molecule has 0 radical (unpaired) electrons. The lowest BCUT2D eigenvalue weighted by Gasteiger charge is -2.14. The summed E-state index contributed by atoms with van der Waals surface area (Å²) >= 11 is 7.66. The van der Waals surface area contributed by atoms with E-state index in [0.29, 0.717) is 16.3 Å². The maximum Gasteiger partial charge on any atom is 0.253 e. The minimum Gasteiger partial charge on any atom is -0.399 e. The molecule has 5 heteroatoms. The van der Waals surface area contributed by atoms with Crippen molar-refractivity contribution in [1.82, 2.24) is 5.32 Å². The zero-order valence-electron chi connectivity index (χ0n) is 10.5. The Hall–Kier alpha value is -1.52. The van der Waals surface area contributed by atoms with Gasteiger partial charge in [-0.05, 0) is 53.9 Å². The molecule has 0 saturated carbocycles. The lowest BCUT2D eigenvalue weighted by molar-refractivity contribution is 0.0940. The lowest BCUT2D eigenvalue weighted by atomic mass is 10.1. The average molecular weight is 295 g/mol. The third-order valence-corrected chi connectivity index (χ3v) is 3.78. The van der Waals surface area contributed by atoms with E-state index < -0.39 is 0 Å². The van der Waals surface area contributed by atoms with Crippen molar-refractivity contribution in [2.45, 2.75) is 19.4 Å². The number of anilines is 1. The fourth-order valence-corrected chi connectivity index (χ4v) is 2.79. The number of amides is 1. The number of halogens is 1. The van der Waals surface area contributed by atoms with Crippen LogP contribution in [0.3, 0.4) is 0 Å². The second-order valence-corrected chi connectivity index (χ2v) is 5.64. The van der Waals surface area contributed by atoms with Gasteiger partial charge in [0.2, 0.25) is 0 Å². The molecule has 1 heterocycles. The number of thiophene rings is 1. The Labute approximate surface area is 121 Å². The standard InChI is InChI=1S/C14H15ClN2OS/c1-9(6-10-4-5-19-8-10)17-14(18)12-3-2-11(16)7-13(12)15/h2-5,7-9H,6,16H2,1H3,(H,17,18). The largest absolute Gasteiger partial charge is 0.399 e. The van der Waals surface area contributed by atoms with E-state index >= 15 is 0 Å². The molecule has 1 aromatic heterocycles. The fraction of sp³-hybridized carbons (Fsp3) is 0.214. The molecule has 0 saturated heterocycles. The third kappa shape index (κ3) is 3.72. The lowest BCUT2D eigenvalue weighted by Crippen LogP contribution is -2.34. The highest BCUT2D eigenvalue weighted by molar-refractivity contribution is 7.07. The Balaban J connectivity index is 2.00. The first-order valence-electron chi connectivity index (χ1n) is 5.93. The first-order chi connectivity index (χ1) is 9.06. The summed E-state index contributed by atoms with van der Waals surface area (Å²) in [6.07, 6.45) is 0.807. The van der Waals surface area contributed by atoms with Crippen LogP contribution in [0, 0.1) is 0 Å². The van der Waals surface area contributed by atoms with Crippen molar-refractivity contribution in [2.75, 3.05) is 5.73 Å². The van der Waals surface area contributed by atoms with Crippen molar-refractivity contribution in [3.05, 3.63) is 51.2 Å². The zero-order chi connectivity index (χ0) is 13.8. The van der Waals surface area contributed by atoms with Crippen LogP contribution in [-0.2, 0) is 6.42 Å². The van der Waals surface area contributed by atoms with Gasteiger partial charge in [0.25, 0.3) is 5.91 Å². The van der Waals surface area contributed by atoms with Crippen LogP contribution >= 0.6 is 22.9 Å². The van der Waals surface area contributed by atoms with Crippen LogP contribution in [-0.4, -0.2) is 11.9 Å². The molecule has 1 atom stereocenters. The number of carbonyl (C=O) groups is 1. The quantitative estimate of drug-likeness (QED) is 0.850. The molecule has 100 valence electrons. The molecule has 0 aliphatic carbocycles. The van der Waals surface area contributed by atoms with Crippen molar-refractivity contribution >= 4 is 34.5 Å². The Morgan fingerprint density at radius 1 is 1.47 bits per heavy atom. The Morgan fingerprint density at radius 3 is 2.89 bits per heavy atom. The molecule has 19 heavy (non-hydrogen) atoms. The molecule has 1 unspecified atom stereocenters. The number of nitrogen functional groups attached to an aromatic ring is 1. The molecule has 0 fully saturated rings. The van der Waals surface area contributed by atoms with Crippen LogP contribution in [0.2, 0.25) is 5.02 Å². The topological polar surface area (TPSA) is 55.1 Å². The van der Waals surface area contributed by atoms with Crippen LogP contribution in [0.4, 0.5) is 5.69 Å². The SMILES string of the molecule is CC(Cc1ccsc1)NC(=O)c1ccc(N)cc1Cl. The highest BCUT2D eigenvalue weighted by Gasteiger charge is 2.13. The van der Waals surface area contributed by atoms with Crippen LogP contribution in [0.5, 0.6) is 0 Å². The monoisotopic (exact) mass is 294 g/mol. The summed E-state index contributed by atoms with van der Waals surface area (Å²) in [4.78, 5) is 12.1. The van der Waals surface area contributed by atoms with Crippen LogP contribution in [0.25, 0.3) is 0 Å². The predicted octanol–water partition coefficient (Wildman–Crippen LogP) is 3.34. The van der Waals surface area contributed by atoms with Crippen LogP contribution < -0.4 is 11.1 Å².